The number of likely N-dealkylation sites (tertiary alicyclic amines) is 1. The summed E-state index contributed by atoms with van der Waals surface area (Å²) < 4.78 is 1.11. The van der Waals surface area contributed by atoms with E-state index in [0.29, 0.717) is 6.04 Å². The summed E-state index contributed by atoms with van der Waals surface area (Å²) in [4.78, 5) is 14.6. The Kier molecular flexibility index (Phi) is 4.92. The predicted octanol–water partition coefficient (Wildman–Crippen LogP) is 3.33. The van der Waals surface area contributed by atoms with Crippen LogP contribution in [0.15, 0.2) is 23.4 Å². The lowest BCUT2D eigenvalue weighted by molar-refractivity contribution is -0.920. The second-order valence-electron chi connectivity index (χ2n) is 7.42. The average molecular weight is 291 g/mol. The van der Waals surface area contributed by atoms with Crippen LogP contribution >= 0.6 is 0 Å². The fraction of sp³-hybridized carbons (Fsp3) is 0.722. The Hall–Kier alpha value is -1.09. The zero-order valence-corrected chi connectivity index (χ0v) is 14.4. The lowest BCUT2D eigenvalue weighted by Gasteiger charge is -2.42. The molecular weight excluding hydrogens is 260 g/mol. The number of carbonyl (C=O) groups is 1. The number of quaternary nitrogens is 1. The summed E-state index contributed by atoms with van der Waals surface area (Å²) in [7, 11) is 4.68. The van der Waals surface area contributed by atoms with E-state index in [1.807, 2.05) is 11.8 Å². The first-order valence-corrected chi connectivity index (χ1v) is 8.32. The van der Waals surface area contributed by atoms with Crippen LogP contribution in [-0.4, -0.2) is 48.5 Å². The standard InChI is InChI=1S/C18H31N2O/c1-14-12-15(2)18(21)19(16(3)13-14)10-9-17-8-6-7-11-20(17,4)5/h12-13,15,17H,6-11H2,1-5H3/q+1. The molecule has 1 saturated heterocycles. The van der Waals surface area contributed by atoms with Crippen molar-refractivity contribution in [1.82, 2.24) is 4.90 Å². The Morgan fingerprint density at radius 1 is 1.29 bits per heavy atom. The molecule has 0 N–H and O–H groups in total. The molecule has 3 nitrogen and oxygen atoms in total. The Bertz CT molecular complexity index is 462. The monoisotopic (exact) mass is 291 g/mol. The summed E-state index contributed by atoms with van der Waals surface area (Å²) in [5, 5.41) is 0. The van der Waals surface area contributed by atoms with Gasteiger partial charge in [0.25, 0.3) is 0 Å². The Balaban J connectivity index is 2.04. The molecule has 2 unspecified atom stereocenters. The summed E-state index contributed by atoms with van der Waals surface area (Å²) in [6.07, 6.45) is 9.30. The molecule has 1 amide bonds. The van der Waals surface area contributed by atoms with Crippen molar-refractivity contribution < 1.29 is 9.28 Å². The van der Waals surface area contributed by atoms with Crippen LogP contribution in [-0.2, 0) is 4.79 Å². The minimum Gasteiger partial charge on any atom is -0.326 e. The van der Waals surface area contributed by atoms with Gasteiger partial charge in [0, 0.05) is 18.7 Å². The maximum absolute atomic E-state index is 12.6. The quantitative estimate of drug-likeness (QED) is 0.730. The van der Waals surface area contributed by atoms with E-state index in [9.17, 15) is 4.79 Å². The summed E-state index contributed by atoms with van der Waals surface area (Å²) in [5.74, 6) is 0.245. The van der Waals surface area contributed by atoms with Gasteiger partial charge in [0.2, 0.25) is 5.91 Å². The Morgan fingerprint density at radius 3 is 2.67 bits per heavy atom. The van der Waals surface area contributed by atoms with Gasteiger partial charge >= 0.3 is 0 Å². The average Bonchev–Trinajstić information content (AvgIpc) is 2.47. The molecule has 2 rings (SSSR count). The van der Waals surface area contributed by atoms with Gasteiger partial charge in [-0.15, -0.1) is 0 Å². The number of amides is 1. The Labute approximate surface area is 129 Å². The second-order valence-corrected chi connectivity index (χ2v) is 7.42. The topological polar surface area (TPSA) is 20.3 Å². The lowest BCUT2D eigenvalue weighted by Crippen LogP contribution is -2.53. The van der Waals surface area contributed by atoms with Crippen LogP contribution in [0.2, 0.25) is 0 Å². The van der Waals surface area contributed by atoms with Crippen molar-refractivity contribution in [3.63, 3.8) is 0 Å². The molecule has 0 saturated carbocycles. The molecule has 2 atom stereocenters. The normalized spacial score (nSPS) is 29.8. The SMILES string of the molecule is CC1=CC(C)C(=O)N(CCC2CCCC[N+]2(C)C)C(C)=C1. The first-order chi connectivity index (χ1) is 9.81. The van der Waals surface area contributed by atoms with Crippen LogP contribution in [0.4, 0.5) is 0 Å². The molecule has 0 aromatic rings. The van der Waals surface area contributed by atoms with Gasteiger partial charge in [0.05, 0.1) is 32.6 Å². The maximum atomic E-state index is 12.6. The van der Waals surface area contributed by atoms with Crippen molar-refractivity contribution in [2.24, 2.45) is 5.92 Å². The first-order valence-electron chi connectivity index (χ1n) is 8.32. The highest BCUT2D eigenvalue weighted by Crippen LogP contribution is 2.26. The number of allylic oxidation sites excluding steroid dienone is 3. The van der Waals surface area contributed by atoms with E-state index < -0.39 is 0 Å². The minimum absolute atomic E-state index is 0.00689. The van der Waals surface area contributed by atoms with Gasteiger partial charge < -0.3 is 9.38 Å². The minimum atomic E-state index is -0.00689. The van der Waals surface area contributed by atoms with Gasteiger partial charge in [0.15, 0.2) is 0 Å². The van der Waals surface area contributed by atoms with Crippen molar-refractivity contribution in [2.45, 2.75) is 52.5 Å². The number of nitrogens with zero attached hydrogens (tertiary/aromatic N) is 2. The third-order valence-corrected chi connectivity index (χ3v) is 5.23. The van der Waals surface area contributed by atoms with E-state index in [1.54, 1.807) is 0 Å². The van der Waals surface area contributed by atoms with Crippen molar-refractivity contribution in [2.75, 3.05) is 27.2 Å². The van der Waals surface area contributed by atoms with Crippen LogP contribution in [0.5, 0.6) is 0 Å². The van der Waals surface area contributed by atoms with Gasteiger partial charge in [0.1, 0.15) is 0 Å². The van der Waals surface area contributed by atoms with Gasteiger partial charge in [-0.25, -0.2) is 0 Å². The van der Waals surface area contributed by atoms with E-state index in [1.165, 1.54) is 31.4 Å². The molecule has 21 heavy (non-hydrogen) atoms. The predicted molar refractivity (Wildman–Crippen MR) is 87.6 cm³/mol. The smallest absolute Gasteiger partial charge is 0.233 e. The largest absolute Gasteiger partial charge is 0.326 e. The van der Waals surface area contributed by atoms with Gasteiger partial charge in [-0.3, -0.25) is 4.79 Å². The molecule has 2 heterocycles. The summed E-state index contributed by atoms with van der Waals surface area (Å²) in [5.41, 5.74) is 2.30. The first kappa shape index (κ1) is 16.3. The summed E-state index contributed by atoms with van der Waals surface area (Å²) in [6.45, 7) is 8.28. The van der Waals surface area contributed by atoms with E-state index in [-0.39, 0.29) is 11.8 Å². The molecule has 0 aliphatic carbocycles. The number of carbonyl (C=O) groups excluding carboxylic acids is 1. The molecule has 0 spiro atoms. The van der Waals surface area contributed by atoms with Crippen molar-refractivity contribution in [3.8, 4) is 0 Å². The number of hydrogen-bond donors (Lipinski definition) is 0. The highest BCUT2D eigenvalue weighted by molar-refractivity contribution is 5.82. The number of rotatable bonds is 3. The van der Waals surface area contributed by atoms with Crippen LogP contribution in [0.25, 0.3) is 0 Å². The van der Waals surface area contributed by atoms with Crippen molar-refractivity contribution >= 4 is 5.91 Å². The van der Waals surface area contributed by atoms with Crippen LogP contribution in [0.1, 0.15) is 46.5 Å². The maximum Gasteiger partial charge on any atom is 0.233 e. The zero-order valence-electron chi connectivity index (χ0n) is 14.4. The molecule has 0 aromatic carbocycles. The molecule has 0 radical (unpaired) electrons. The third kappa shape index (κ3) is 3.76. The van der Waals surface area contributed by atoms with E-state index >= 15 is 0 Å². The Morgan fingerprint density at radius 2 is 2.00 bits per heavy atom. The fourth-order valence-electron chi connectivity index (χ4n) is 3.83. The molecular formula is C18H31N2O+. The van der Waals surface area contributed by atoms with Crippen molar-refractivity contribution in [1.29, 1.82) is 0 Å². The number of hydrogen-bond acceptors (Lipinski definition) is 1. The highest BCUT2D eigenvalue weighted by atomic mass is 16.2. The molecule has 1 fully saturated rings. The molecule has 0 bridgehead atoms. The van der Waals surface area contributed by atoms with Gasteiger partial charge in [-0.2, -0.15) is 0 Å². The van der Waals surface area contributed by atoms with Crippen LogP contribution in [0, 0.1) is 5.92 Å². The zero-order chi connectivity index (χ0) is 15.6. The number of piperidine rings is 1. The summed E-state index contributed by atoms with van der Waals surface area (Å²) >= 11 is 0. The van der Waals surface area contributed by atoms with Crippen LogP contribution in [0.3, 0.4) is 0 Å². The van der Waals surface area contributed by atoms with Gasteiger partial charge in [-0.05, 0) is 39.2 Å². The van der Waals surface area contributed by atoms with Crippen molar-refractivity contribution in [3.05, 3.63) is 23.4 Å². The molecule has 118 valence electrons. The highest BCUT2D eigenvalue weighted by Gasteiger charge is 2.32. The lowest BCUT2D eigenvalue weighted by atomic mass is 9.97. The van der Waals surface area contributed by atoms with E-state index in [4.69, 9.17) is 0 Å². The second kappa shape index (κ2) is 6.35. The fourth-order valence-corrected chi connectivity index (χ4v) is 3.83. The molecule has 3 heteroatoms. The van der Waals surface area contributed by atoms with Gasteiger partial charge in [-0.1, -0.05) is 18.6 Å². The molecule has 2 aliphatic heterocycles. The van der Waals surface area contributed by atoms with E-state index in [2.05, 4.69) is 40.1 Å². The van der Waals surface area contributed by atoms with Crippen LogP contribution < -0.4 is 0 Å². The summed E-state index contributed by atoms with van der Waals surface area (Å²) in [6, 6.07) is 0.687. The molecule has 2 aliphatic rings. The third-order valence-electron chi connectivity index (χ3n) is 5.23. The van der Waals surface area contributed by atoms with E-state index in [0.717, 1.165) is 23.1 Å². The molecule has 0 aromatic heterocycles.